The van der Waals surface area contributed by atoms with Crippen LogP contribution in [0.5, 0.6) is 0 Å². The van der Waals surface area contributed by atoms with Gasteiger partial charge in [-0.1, -0.05) is 0 Å². The number of nitrogen functional groups attached to an aromatic ring is 1. The Morgan fingerprint density at radius 3 is 2.75 bits per heavy atom. The van der Waals surface area contributed by atoms with Gasteiger partial charge >= 0.3 is 6.09 Å². The van der Waals surface area contributed by atoms with Crippen molar-refractivity contribution in [3.05, 3.63) is 11.8 Å². The maximum absolute atomic E-state index is 11.6. The van der Waals surface area contributed by atoms with Crippen LogP contribution >= 0.6 is 0 Å². The highest BCUT2D eigenvalue weighted by Crippen LogP contribution is 2.19. The maximum Gasteiger partial charge on any atom is 0.409 e. The van der Waals surface area contributed by atoms with Gasteiger partial charge in [-0.15, -0.1) is 0 Å². The summed E-state index contributed by atoms with van der Waals surface area (Å²) in [6, 6.07) is 0. The van der Waals surface area contributed by atoms with Crippen LogP contribution in [0.25, 0.3) is 0 Å². The minimum atomic E-state index is -0.254. The molecule has 0 aliphatic carbocycles. The summed E-state index contributed by atoms with van der Waals surface area (Å²) in [5.74, 6) is 6.56. The molecule has 2 heterocycles. The second-order valence-electron chi connectivity index (χ2n) is 4.52. The topological polar surface area (TPSA) is 96.6 Å². The molecule has 0 aromatic carbocycles. The number of hydrazine groups is 1. The Morgan fingerprint density at radius 2 is 2.15 bits per heavy atom. The number of hydrogen-bond acceptors (Lipinski definition) is 7. The summed E-state index contributed by atoms with van der Waals surface area (Å²) >= 11 is 0. The van der Waals surface area contributed by atoms with E-state index in [0.29, 0.717) is 38.7 Å². The number of aryl methyl sites for hydroxylation is 1. The van der Waals surface area contributed by atoms with Gasteiger partial charge in [-0.25, -0.2) is 15.6 Å². The SMILES string of the molecule is CCOC(=O)N1CCN(c2nc(NN)ncc2C)CC1. The number of rotatable bonds is 3. The quantitative estimate of drug-likeness (QED) is 0.609. The van der Waals surface area contributed by atoms with Crippen LogP contribution in [-0.2, 0) is 4.74 Å². The first kappa shape index (κ1) is 14.3. The van der Waals surface area contributed by atoms with E-state index in [1.807, 2.05) is 6.92 Å². The van der Waals surface area contributed by atoms with Gasteiger partial charge in [0.15, 0.2) is 0 Å². The standard InChI is InChI=1S/C12H20N6O2/c1-3-20-12(19)18-6-4-17(5-7-18)10-9(2)8-14-11(15-10)16-13/h8H,3-7,13H2,1-2H3,(H,14,15,16). The van der Waals surface area contributed by atoms with Crippen LogP contribution in [0.3, 0.4) is 0 Å². The van der Waals surface area contributed by atoms with Gasteiger partial charge in [0, 0.05) is 37.9 Å². The van der Waals surface area contributed by atoms with E-state index in [0.717, 1.165) is 11.4 Å². The number of piperazine rings is 1. The van der Waals surface area contributed by atoms with Gasteiger partial charge in [0.25, 0.3) is 0 Å². The number of carbonyl (C=O) groups excluding carboxylic acids is 1. The molecule has 2 rings (SSSR count). The van der Waals surface area contributed by atoms with Crippen molar-refractivity contribution in [3.8, 4) is 0 Å². The second kappa shape index (κ2) is 6.38. The van der Waals surface area contributed by atoms with Gasteiger partial charge in [-0.2, -0.15) is 4.98 Å². The first-order chi connectivity index (χ1) is 9.65. The molecule has 0 atom stereocenters. The van der Waals surface area contributed by atoms with Crippen molar-refractivity contribution < 1.29 is 9.53 Å². The monoisotopic (exact) mass is 280 g/mol. The fraction of sp³-hybridized carbons (Fsp3) is 0.583. The van der Waals surface area contributed by atoms with Crippen LogP contribution in [-0.4, -0.2) is 53.7 Å². The van der Waals surface area contributed by atoms with Crippen LogP contribution in [0, 0.1) is 6.92 Å². The van der Waals surface area contributed by atoms with E-state index in [1.165, 1.54) is 0 Å². The van der Waals surface area contributed by atoms with Crippen molar-refractivity contribution in [2.45, 2.75) is 13.8 Å². The number of carbonyl (C=O) groups is 1. The molecule has 0 saturated carbocycles. The number of nitrogens with two attached hydrogens (primary N) is 1. The molecule has 1 aromatic heterocycles. The fourth-order valence-electron chi connectivity index (χ4n) is 2.14. The first-order valence-corrected chi connectivity index (χ1v) is 6.62. The smallest absolute Gasteiger partial charge is 0.409 e. The Morgan fingerprint density at radius 1 is 1.45 bits per heavy atom. The summed E-state index contributed by atoms with van der Waals surface area (Å²) in [6.45, 7) is 6.81. The van der Waals surface area contributed by atoms with Crippen molar-refractivity contribution >= 4 is 17.9 Å². The highest BCUT2D eigenvalue weighted by Gasteiger charge is 2.23. The molecule has 1 amide bonds. The predicted molar refractivity (Wildman–Crippen MR) is 75.4 cm³/mol. The highest BCUT2D eigenvalue weighted by atomic mass is 16.6. The zero-order chi connectivity index (χ0) is 14.5. The van der Waals surface area contributed by atoms with E-state index >= 15 is 0 Å². The number of aromatic nitrogens is 2. The molecule has 110 valence electrons. The Kier molecular flexibility index (Phi) is 4.57. The van der Waals surface area contributed by atoms with Crippen LogP contribution in [0.4, 0.5) is 16.6 Å². The third-order valence-electron chi connectivity index (χ3n) is 3.18. The predicted octanol–water partition coefficient (Wildman–Crippen LogP) is 0.349. The molecule has 3 N–H and O–H groups in total. The van der Waals surface area contributed by atoms with Gasteiger partial charge in [-0.05, 0) is 13.8 Å². The van der Waals surface area contributed by atoms with Crippen LogP contribution in [0.15, 0.2) is 6.20 Å². The van der Waals surface area contributed by atoms with Crippen molar-refractivity contribution in [2.24, 2.45) is 5.84 Å². The van der Waals surface area contributed by atoms with Crippen molar-refractivity contribution in [3.63, 3.8) is 0 Å². The first-order valence-electron chi connectivity index (χ1n) is 6.62. The van der Waals surface area contributed by atoms with Crippen LogP contribution < -0.4 is 16.2 Å². The number of ether oxygens (including phenoxy) is 1. The summed E-state index contributed by atoms with van der Waals surface area (Å²) in [7, 11) is 0. The molecule has 0 unspecified atom stereocenters. The molecule has 0 radical (unpaired) electrons. The average molecular weight is 280 g/mol. The van der Waals surface area contributed by atoms with Crippen molar-refractivity contribution in [1.82, 2.24) is 14.9 Å². The number of amides is 1. The Labute approximate surface area is 117 Å². The Hall–Kier alpha value is -2.09. The Balaban J connectivity index is 2.02. The molecule has 0 spiro atoms. The summed E-state index contributed by atoms with van der Waals surface area (Å²) in [4.78, 5) is 23.9. The van der Waals surface area contributed by atoms with E-state index in [-0.39, 0.29) is 6.09 Å². The summed E-state index contributed by atoms with van der Waals surface area (Å²) in [6.07, 6.45) is 1.48. The van der Waals surface area contributed by atoms with Crippen molar-refractivity contribution in [2.75, 3.05) is 43.1 Å². The summed E-state index contributed by atoms with van der Waals surface area (Å²) < 4.78 is 5.00. The molecular formula is C12H20N6O2. The van der Waals surface area contributed by atoms with Gasteiger partial charge in [0.05, 0.1) is 6.61 Å². The molecular weight excluding hydrogens is 260 g/mol. The molecule has 20 heavy (non-hydrogen) atoms. The molecule has 1 saturated heterocycles. The number of hydrogen-bond donors (Lipinski definition) is 2. The third kappa shape index (κ3) is 3.08. The molecule has 1 aliphatic heterocycles. The number of anilines is 2. The normalized spacial score (nSPS) is 15.2. The second-order valence-corrected chi connectivity index (χ2v) is 4.52. The van der Waals surface area contributed by atoms with Gasteiger partial charge < -0.3 is 14.5 Å². The molecule has 1 fully saturated rings. The summed E-state index contributed by atoms with van der Waals surface area (Å²) in [5, 5.41) is 0. The molecule has 1 aromatic rings. The third-order valence-corrected chi connectivity index (χ3v) is 3.18. The minimum absolute atomic E-state index is 0.254. The maximum atomic E-state index is 11.6. The van der Waals surface area contributed by atoms with Gasteiger partial charge in [-0.3, -0.25) is 5.43 Å². The lowest BCUT2D eigenvalue weighted by atomic mass is 10.2. The van der Waals surface area contributed by atoms with E-state index in [1.54, 1.807) is 18.0 Å². The molecule has 8 heteroatoms. The zero-order valence-corrected chi connectivity index (χ0v) is 11.8. The molecule has 1 aliphatic rings. The lowest BCUT2D eigenvalue weighted by Crippen LogP contribution is -2.49. The summed E-state index contributed by atoms with van der Waals surface area (Å²) in [5.41, 5.74) is 3.42. The van der Waals surface area contributed by atoms with E-state index in [4.69, 9.17) is 10.6 Å². The molecule has 8 nitrogen and oxygen atoms in total. The lowest BCUT2D eigenvalue weighted by molar-refractivity contribution is 0.105. The van der Waals surface area contributed by atoms with Gasteiger partial charge in [0.1, 0.15) is 5.82 Å². The van der Waals surface area contributed by atoms with Gasteiger partial charge in [0.2, 0.25) is 5.95 Å². The van der Waals surface area contributed by atoms with Crippen LogP contribution in [0.2, 0.25) is 0 Å². The molecule has 0 bridgehead atoms. The number of nitrogens with one attached hydrogen (secondary N) is 1. The van der Waals surface area contributed by atoms with E-state index in [2.05, 4.69) is 20.3 Å². The van der Waals surface area contributed by atoms with E-state index in [9.17, 15) is 4.79 Å². The number of nitrogens with zero attached hydrogens (tertiary/aromatic N) is 4. The van der Waals surface area contributed by atoms with Crippen LogP contribution in [0.1, 0.15) is 12.5 Å². The van der Waals surface area contributed by atoms with Crippen molar-refractivity contribution in [1.29, 1.82) is 0 Å². The largest absolute Gasteiger partial charge is 0.450 e. The minimum Gasteiger partial charge on any atom is -0.450 e. The zero-order valence-electron chi connectivity index (χ0n) is 11.8. The fourth-order valence-corrected chi connectivity index (χ4v) is 2.14. The average Bonchev–Trinajstić information content (AvgIpc) is 2.48. The highest BCUT2D eigenvalue weighted by molar-refractivity contribution is 5.68. The van der Waals surface area contributed by atoms with E-state index < -0.39 is 0 Å². The Bertz CT molecular complexity index is 473. The lowest BCUT2D eigenvalue weighted by Gasteiger charge is -2.35.